The molecule has 1 aromatic rings. The van der Waals surface area contributed by atoms with Crippen molar-refractivity contribution in [2.45, 2.75) is 64.8 Å². The molecule has 1 aliphatic heterocycles. The first-order chi connectivity index (χ1) is 15.2. The molecule has 32 heavy (non-hydrogen) atoms. The van der Waals surface area contributed by atoms with Gasteiger partial charge in [-0.05, 0) is 37.7 Å². The summed E-state index contributed by atoms with van der Waals surface area (Å²) in [6.07, 6.45) is 0.874. The zero-order valence-electron chi connectivity index (χ0n) is 18.7. The van der Waals surface area contributed by atoms with Gasteiger partial charge < -0.3 is 15.4 Å². The lowest BCUT2D eigenvalue weighted by molar-refractivity contribution is -0.136. The van der Waals surface area contributed by atoms with Crippen molar-refractivity contribution >= 4 is 23.8 Å². The number of hydrogen-bond acceptors (Lipinski definition) is 6. The van der Waals surface area contributed by atoms with Gasteiger partial charge in [-0.25, -0.2) is 10.3 Å². The number of likely N-dealkylation sites (tertiary alicyclic amines) is 1. The van der Waals surface area contributed by atoms with Crippen LogP contribution in [0.15, 0.2) is 30.3 Å². The van der Waals surface area contributed by atoms with E-state index in [1.165, 1.54) is 17.3 Å². The second kappa shape index (κ2) is 12.0. The number of nitrogens with zero attached hydrogens (tertiary/aromatic N) is 1. The van der Waals surface area contributed by atoms with Gasteiger partial charge in [0.1, 0.15) is 24.7 Å². The lowest BCUT2D eigenvalue weighted by Crippen LogP contribution is -2.56. The van der Waals surface area contributed by atoms with Crippen LogP contribution in [0.4, 0.5) is 4.79 Å². The minimum absolute atomic E-state index is 0.0866. The molecule has 3 atom stereocenters. The quantitative estimate of drug-likeness (QED) is 0.332. The summed E-state index contributed by atoms with van der Waals surface area (Å²) in [5, 5.41) is 13.9. The summed E-state index contributed by atoms with van der Waals surface area (Å²) in [6.45, 7) is 5.71. The third kappa shape index (κ3) is 7.23. The largest absolute Gasteiger partial charge is 0.445 e. The smallest absolute Gasteiger partial charge is 0.410 e. The lowest BCUT2D eigenvalue weighted by atomic mass is 10.0. The van der Waals surface area contributed by atoms with Crippen LogP contribution in [0, 0.1) is 5.92 Å². The van der Waals surface area contributed by atoms with Crippen molar-refractivity contribution in [3.8, 4) is 0 Å². The Balaban J connectivity index is 1.99. The number of hydrogen-bond donors (Lipinski definition) is 4. The van der Waals surface area contributed by atoms with Crippen LogP contribution in [0.1, 0.15) is 45.6 Å². The first-order valence-corrected chi connectivity index (χ1v) is 10.7. The van der Waals surface area contributed by atoms with E-state index in [0.717, 1.165) is 5.56 Å². The minimum Gasteiger partial charge on any atom is -0.445 e. The van der Waals surface area contributed by atoms with E-state index in [0.29, 0.717) is 25.8 Å². The summed E-state index contributed by atoms with van der Waals surface area (Å²) in [7, 11) is 0. The van der Waals surface area contributed by atoms with Gasteiger partial charge in [0, 0.05) is 6.54 Å². The van der Waals surface area contributed by atoms with E-state index in [4.69, 9.17) is 9.94 Å². The normalized spacial score (nSPS) is 17.4. The molecule has 2 rings (SSSR count). The van der Waals surface area contributed by atoms with E-state index in [2.05, 4.69) is 10.6 Å². The van der Waals surface area contributed by atoms with E-state index in [9.17, 15) is 19.2 Å². The summed E-state index contributed by atoms with van der Waals surface area (Å²) in [5.74, 6) is -1.67. The Morgan fingerprint density at radius 3 is 2.41 bits per heavy atom. The van der Waals surface area contributed by atoms with Crippen LogP contribution in [0.5, 0.6) is 0 Å². The molecule has 10 nitrogen and oxygen atoms in total. The van der Waals surface area contributed by atoms with Gasteiger partial charge in [0.15, 0.2) is 0 Å². The Bertz CT molecular complexity index is 801. The van der Waals surface area contributed by atoms with E-state index in [1.807, 2.05) is 44.2 Å². The predicted molar refractivity (Wildman–Crippen MR) is 115 cm³/mol. The van der Waals surface area contributed by atoms with Crippen molar-refractivity contribution in [3.05, 3.63) is 35.9 Å². The van der Waals surface area contributed by atoms with Gasteiger partial charge in [-0.15, -0.1) is 0 Å². The maximum atomic E-state index is 12.9. The molecule has 0 aromatic heterocycles. The number of ether oxygens (including phenoxy) is 1. The van der Waals surface area contributed by atoms with Crippen molar-refractivity contribution in [2.24, 2.45) is 5.92 Å². The monoisotopic (exact) mass is 448 g/mol. The fourth-order valence-corrected chi connectivity index (χ4v) is 3.51. The lowest BCUT2D eigenvalue weighted by Gasteiger charge is -2.27. The zero-order valence-corrected chi connectivity index (χ0v) is 18.7. The number of hydroxylamine groups is 1. The first kappa shape index (κ1) is 25.1. The Hall–Kier alpha value is -3.14. The topological polar surface area (TPSA) is 137 Å². The number of carbonyl (C=O) groups is 4. The molecule has 1 saturated heterocycles. The molecule has 1 aliphatic rings. The van der Waals surface area contributed by atoms with Crippen molar-refractivity contribution in [2.75, 3.05) is 6.54 Å². The number of nitrogens with one attached hydrogen (secondary N) is 3. The van der Waals surface area contributed by atoms with Gasteiger partial charge >= 0.3 is 6.09 Å². The van der Waals surface area contributed by atoms with E-state index in [1.54, 1.807) is 0 Å². The molecule has 10 heteroatoms. The Labute approximate surface area is 187 Å². The van der Waals surface area contributed by atoms with Gasteiger partial charge in [0.2, 0.25) is 11.8 Å². The molecule has 0 saturated carbocycles. The average Bonchev–Trinajstić information content (AvgIpc) is 3.27. The molecule has 176 valence electrons. The summed E-state index contributed by atoms with van der Waals surface area (Å²) in [5.41, 5.74) is 2.32. The van der Waals surface area contributed by atoms with Crippen molar-refractivity contribution in [1.82, 2.24) is 21.0 Å². The highest BCUT2D eigenvalue weighted by Crippen LogP contribution is 2.20. The van der Waals surface area contributed by atoms with Crippen LogP contribution in [0.25, 0.3) is 0 Å². The van der Waals surface area contributed by atoms with Gasteiger partial charge in [-0.2, -0.15) is 0 Å². The number of amides is 4. The van der Waals surface area contributed by atoms with Crippen LogP contribution in [0.3, 0.4) is 0 Å². The molecule has 0 unspecified atom stereocenters. The van der Waals surface area contributed by atoms with Gasteiger partial charge in [0.25, 0.3) is 5.91 Å². The molecule has 0 radical (unpaired) electrons. The SMILES string of the molecule is CC(C)C[C@H](NC(=O)[C@H]1CCCN1C(=O)OCc1ccccc1)C(=O)N[C@@H](C)C(=O)NO. The third-order valence-electron chi connectivity index (χ3n) is 5.20. The molecular formula is C22H32N4O6. The third-order valence-corrected chi connectivity index (χ3v) is 5.20. The molecule has 4 amide bonds. The molecular weight excluding hydrogens is 416 g/mol. The first-order valence-electron chi connectivity index (χ1n) is 10.7. The maximum absolute atomic E-state index is 12.9. The molecule has 1 fully saturated rings. The van der Waals surface area contributed by atoms with Crippen LogP contribution in [-0.4, -0.2) is 58.6 Å². The second-order valence-electron chi connectivity index (χ2n) is 8.29. The Kier molecular flexibility index (Phi) is 9.45. The molecule has 4 N–H and O–H groups in total. The molecule has 0 spiro atoms. The standard InChI is InChI=1S/C22H32N4O6/c1-14(2)12-17(20(28)23-15(3)19(27)25-31)24-21(29)18-10-7-11-26(18)22(30)32-13-16-8-5-4-6-9-16/h4-6,8-9,14-15,17-18,31H,7,10-13H2,1-3H3,(H,23,28)(H,24,29)(H,25,27)/t15-,17-,18+/m0/s1. The van der Waals surface area contributed by atoms with Crippen molar-refractivity contribution in [1.29, 1.82) is 0 Å². The van der Waals surface area contributed by atoms with E-state index in [-0.39, 0.29) is 12.5 Å². The fourth-order valence-electron chi connectivity index (χ4n) is 3.51. The van der Waals surface area contributed by atoms with E-state index < -0.39 is 41.9 Å². The number of benzene rings is 1. The maximum Gasteiger partial charge on any atom is 0.410 e. The summed E-state index contributed by atoms with van der Waals surface area (Å²) < 4.78 is 5.36. The number of rotatable bonds is 9. The second-order valence-corrected chi connectivity index (χ2v) is 8.29. The van der Waals surface area contributed by atoms with Crippen LogP contribution < -0.4 is 16.1 Å². The fraction of sp³-hybridized carbons (Fsp3) is 0.545. The molecule has 0 bridgehead atoms. The van der Waals surface area contributed by atoms with Crippen LogP contribution in [-0.2, 0) is 25.7 Å². The van der Waals surface area contributed by atoms with Crippen molar-refractivity contribution < 1.29 is 29.1 Å². The molecule has 1 heterocycles. The van der Waals surface area contributed by atoms with Crippen molar-refractivity contribution in [3.63, 3.8) is 0 Å². The van der Waals surface area contributed by atoms with Gasteiger partial charge in [0.05, 0.1) is 0 Å². The molecule has 0 aliphatic carbocycles. The predicted octanol–water partition coefficient (Wildman–Crippen LogP) is 1.33. The van der Waals surface area contributed by atoms with Crippen LogP contribution >= 0.6 is 0 Å². The highest BCUT2D eigenvalue weighted by Gasteiger charge is 2.37. The minimum atomic E-state index is -0.977. The highest BCUT2D eigenvalue weighted by atomic mass is 16.6. The summed E-state index contributed by atoms with van der Waals surface area (Å²) in [4.78, 5) is 51.0. The molecule has 1 aromatic carbocycles. The average molecular weight is 449 g/mol. The Morgan fingerprint density at radius 2 is 1.78 bits per heavy atom. The zero-order chi connectivity index (χ0) is 23.7. The van der Waals surface area contributed by atoms with Gasteiger partial charge in [-0.1, -0.05) is 44.2 Å². The van der Waals surface area contributed by atoms with Crippen LogP contribution in [0.2, 0.25) is 0 Å². The van der Waals surface area contributed by atoms with E-state index >= 15 is 0 Å². The summed E-state index contributed by atoms with van der Waals surface area (Å²) >= 11 is 0. The summed E-state index contributed by atoms with van der Waals surface area (Å²) in [6, 6.07) is 6.64. The highest BCUT2D eigenvalue weighted by molar-refractivity contribution is 5.93. The Morgan fingerprint density at radius 1 is 1.09 bits per heavy atom. The number of carbonyl (C=O) groups excluding carboxylic acids is 4. The van der Waals surface area contributed by atoms with Gasteiger partial charge in [-0.3, -0.25) is 24.5 Å².